The number of nitrogens with zero attached hydrogens (tertiary/aromatic N) is 2. The molecule has 0 aliphatic heterocycles. The van der Waals surface area contributed by atoms with Crippen molar-refractivity contribution in [1.29, 1.82) is 0 Å². The minimum absolute atomic E-state index is 0.00376. The molecule has 2 rings (SSSR count). The average molecular weight is 282 g/mol. The first-order chi connectivity index (χ1) is 9.04. The maximum absolute atomic E-state index is 12.2. The molecule has 0 radical (unpaired) electrons. The van der Waals surface area contributed by atoms with E-state index in [0.29, 0.717) is 5.69 Å². The topological polar surface area (TPSA) is 108 Å². The summed E-state index contributed by atoms with van der Waals surface area (Å²) in [4.78, 5) is 3.86. The molecule has 2 aromatic rings. The summed E-state index contributed by atoms with van der Waals surface area (Å²) in [5.41, 5.74) is 1.30. The van der Waals surface area contributed by atoms with E-state index in [1.54, 1.807) is 31.5 Å². The van der Waals surface area contributed by atoms with Gasteiger partial charge in [0.2, 0.25) is 10.0 Å². The van der Waals surface area contributed by atoms with Gasteiger partial charge in [-0.15, -0.1) is 0 Å². The first-order valence-corrected chi connectivity index (χ1v) is 7.06. The standard InChI is InChI=1S/C11H14N4O3S/c1-8-11(10(7-16)15-14-8)19(17,18)13-6-9-2-4-12-5-3-9/h2-5,13,16H,6-7H2,1H3,(H,14,15). The molecule has 8 heteroatoms. The lowest BCUT2D eigenvalue weighted by Crippen LogP contribution is -2.24. The van der Waals surface area contributed by atoms with Gasteiger partial charge in [0, 0.05) is 18.9 Å². The Bertz CT molecular complexity index is 652. The molecule has 0 amide bonds. The molecule has 102 valence electrons. The normalized spacial score (nSPS) is 11.7. The first-order valence-electron chi connectivity index (χ1n) is 5.58. The SMILES string of the molecule is Cc1[nH]nc(CO)c1S(=O)(=O)NCc1ccncc1. The van der Waals surface area contributed by atoms with E-state index in [0.717, 1.165) is 5.56 Å². The molecule has 2 aromatic heterocycles. The van der Waals surface area contributed by atoms with Gasteiger partial charge in [0.15, 0.2) is 0 Å². The summed E-state index contributed by atoms with van der Waals surface area (Å²) in [6, 6.07) is 3.44. The number of aliphatic hydroxyl groups excluding tert-OH is 1. The highest BCUT2D eigenvalue weighted by Gasteiger charge is 2.23. The number of sulfonamides is 1. The van der Waals surface area contributed by atoms with E-state index in [9.17, 15) is 8.42 Å². The van der Waals surface area contributed by atoms with Crippen LogP contribution in [-0.2, 0) is 23.2 Å². The number of hydrogen-bond donors (Lipinski definition) is 3. The van der Waals surface area contributed by atoms with Crippen LogP contribution in [0.4, 0.5) is 0 Å². The highest BCUT2D eigenvalue weighted by Crippen LogP contribution is 2.17. The molecule has 0 saturated carbocycles. The summed E-state index contributed by atoms with van der Waals surface area (Å²) in [5, 5.41) is 15.4. The van der Waals surface area contributed by atoms with E-state index in [1.165, 1.54) is 0 Å². The molecule has 0 aliphatic carbocycles. The number of rotatable bonds is 5. The largest absolute Gasteiger partial charge is 0.390 e. The Morgan fingerprint density at radius 3 is 2.68 bits per heavy atom. The minimum atomic E-state index is -3.71. The molecule has 0 aromatic carbocycles. The molecule has 0 aliphatic rings. The highest BCUT2D eigenvalue weighted by molar-refractivity contribution is 7.89. The fourth-order valence-electron chi connectivity index (χ4n) is 1.68. The summed E-state index contributed by atoms with van der Waals surface area (Å²) in [5.74, 6) is 0. The van der Waals surface area contributed by atoms with E-state index < -0.39 is 16.6 Å². The second-order valence-corrected chi connectivity index (χ2v) is 5.67. The molecule has 0 saturated heterocycles. The Kier molecular flexibility index (Phi) is 3.93. The van der Waals surface area contributed by atoms with E-state index in [-0.39, 0.29) is 17.1 Å². The van der Waals surface area contributed by atoms with Gasteiger partial charge in [0.05, 0.1) is 12.3 Å². The van der Waals surface area contributed by atoms with Crippen LogP contribution in [0.25, 0.3) is 0 Å². The number of aliphatic hydroxyl groups is 1. The van der Waals surface area contributed by atoms with Crippen LogP contribution in [0.2, 0.25) is 0 Å². The number of aromatic amines is 1. The lowest BCUT2D eigenvalue weighted by atomic mass is 10.3. The number of H-pyrrole nitrogens is 1. The van der Waals surface area contributed by atoms with Crippen molar-refractivity contribution in [3.05, 3.63) is 41.5 Å². The van der Waals surface area contributed by atoms with Crippen molar-refractivity contribution in [2.75, 3.05) is 0 Å². The van der Waals surface area contributed by atoms with Crippen LogP contribution in [0.5, 0.6) is 0 Å². The molecule has 19 heavy (non-hydrogen) atoms. The van der Waals surface area contributed by atoms with Gasteiger partial charge in [-0.1, -0.05) is 0 Å². The Balaban J connectivity index is 2.21. The van der Waals surface area contributed by atoms with Crippen molar-refractivity contribution in [1.82, 2.24) is 19.9 Å². The highest BCUT2D eigenvalue weighted by atomic mass is 32.2. The van der Waals surface area contributed by atoms with E-state index in [1.807, 2.05) is 0 Å². The summed E-state index contributed by atoms with van der Waals surface area (Å²) in [7, 11) is -3.71. The predicted octanol–water partition coefficient (Wildman–Crippen LogP) is 0.0839. The van der Waals surface area contributed by atoms with Crippen LogP contribution >= 0.6 is 0 Å². The zero-order valence-electron chi connectivity index (χ0n) is 10.3. The van der Waals surface area contributed by atoms with Gasteiger partial charge in [-0.2, -0.15) is 5.10 Å². The van der Waals surface area contributed by atoms with Crippen molar-refractivity contribution in [3.63, 3.8) is 0 Å². The van der Waals surface area contributed by atoms with Crippen molar-refractivity contribution in [2.24, 2.45) is 0 Å². The maximum atomic E-state index is 12.2. The maximum Gasteiger partial charge on any atom is 0.244 e. The Morgan fingerprint density at radius 1 is 1.37 bits per heavy atom. The third kappa shape index (κ3) is 2.98. The smallest absolute Gasteiger partial charge is 0.244 e. The van der Waals surface area contributed by atoms with Crippen LogP contribution < -0.4 is 4.72 Å². The Hall–Kier alpha value is -1.77. The van der Waals surface area contributed by atoms with Gasteiger partial charge in [0.1, 0.15) is 10.6 Å². The first kappa shape index (κ1) is 13.7. The lowest BCUT2D eigenvalue weighted by Gasteiger charge is -2.07. The minimum Gasteiger partial charge on any atom is -0.390 e. The second-order valence-electron chi connectivity index (χ2n) is 3.96. The molecule has 0 bridgehead atoms. The van der Waals surface area contributed by atoms with Gasteiger partial charge in [0.25, 0.3) is 0 Å². The predicted molar refractivity (Wildman–Crippen MR) is 67.5 cm³/mol. The van der Waals surface area contributed by atoms with E-state index in [4.69, 9.17) is 5.11 Å². The van der Waals surface area contributed by atoms with Gasteiger partial charge in [-0.25, -0.2) is 13.1 Å². The molecular formula is C11H14N4O3S. The molecule has 7 nitrogen and oxygen atoms in total. The van der Waals surface area contributed by atoms with Crippen molar-refractivity contribution in [3.8, 4) is 0 Å². The van der Waals surface area contributed by atoms with Crippen LogP contribution in [0, 0.1) is 6.92 Å². The number of hydrogen-bond acceptors (Lipinski definition) is 5. The quantitative estimate of drug-likeness (QED) is 0.720. The number of pyridine rings is 1. The zero-order valence-corrected chi connectivity index (χ0v) is 11.1. The fourth-order valence-corrected chi connectivity index (χ4v) is 3.05. The van der Waals surface area contributed by atoms with Gasteiger partial charge < -0.3 is 5.11 Å². The van der Waals surface area contributed by atoms with E-state index >= 15 is 0 Å². The third-order valence-electron chi connectivity index (χ3n) is 2.60. The van der Waals surface area contributed by atoms with Gasteiger partial charge >= 0.3 is 0 Å². The lowest BCUT2D eigenvalue weighted by molar-refractivity contribution is 0.273. The van der Waals surface area contributed by atoms with Crippen LogP contribution in [0.3, 0.4) is 0 Å². The number of nitrogens with one attached hydrogen (secondary N) is 2. The Labute approximate surface area is 110 Å². The van der Waals surface area contributed by atoms with Gasteiger partial charge in [-0.3, -0.25) is 10.1 Å². The summed E-state index contributed by atoms with van der Waals surface area (Å²) >= 11 is 0. The summed E-state index contributed by atoms with van der Waals surface area (Å²) in [6.07, 6.45) is 3.18. The molecule has 3 N–H and O–H groups in total. The molecule has 2 heterocycles. The summed E-state index contributed by atoms with van der Waals surface area (Å²) < 4.78 is 26.8. The second kappa shape index (κ2) is 5.47. The molecule has 0 fully saturated rings. The van der Waals surface area contributed by atoms with Crippen LogP contribution in [-0.4, -0.2) is 28.7 Å². The van der Waals surface area contributed by atoms with Crippen LogP contribution in [0.1, 0.15) is 17.0 Å². The van der Waals surface area contributed by atoms with Gasteiger partial charge in [-0.05, 0) is 24.6 Å². The average Bonchev–Trinajstić information content (AvgIpc) is 2.80. The number of aryl methyl sites for hydroxylation is 1. The fraction of sp³-hybridized carbons (Fsp3) is 0.273. The Morgan fingerprint density at radius 2 is 2.05 bits per heavy atom. The molecule has 0 atom stereocenters. The van der Waals surface area contributed by atoms with Crippen LogP contribution in [0.15, 0.2) is 29.4 Å². The number of aromatic nitrogens is 3. The zero-order chi connectivity index (χ0) is 13.9. The monoisotopic (exact) mass is 282 g/mol. The van der Waals surface area contributed by atoms with Crippen molar-refractivity contribution in [2.45, 2.75) is 25.0 Å². The van der Waals surface area contributed by atoms with Crippen molar-refractivity contribution >= 4 is 10.0 Å². The summed E-state index contributed by atoms with van der Waals surface area (Å²) in [6.45, 7) is 1.31. The van der Waals surface area contributed by atoms with Crippen molar-refractivity contribution < 1.29 is 13.5 Å². The third-order valence-corrected chi connectivity index (χ3v) is 4.20. The molecule has 0 spiro atoms. The molecule has 0 unspecified atom stereocenters. The van der Waals surface area contributed by atoms with E-state index in [2.05, 4.69) is 19.9 Å². The molecular weight excluding hydrogens is 268 g/mol.